The Hall–Kier alpha value is -1.59. The predicted octanol–water partition coefficient (Wildman–Crippen LogP) is 1.63. The van der Waals surface area contributed by atoms with E-state index in [1.165, 1.54) is 6.42 Å². The maximum atomic E-state index is 12.2. The number of nitrogens with one attached hydrogen (secondary N) is 2. The lowest BCUT2D eigenvalue weighted by molar-refractivity contribution is -0.117. The second-order valence-electron chi connectivity index (χ2n) is 5.61. The Morgan fingerprint density at radius 2 is 2.29 bits per heavy atom. The van der Waals surface area contributed by atoms with Crippen LogP contribution in [0.15, 0.2) is 18.2 Å². The van der Waals surface area contributed by atoms with Gasteiger partial charge in [0.05, 0.1) is 19.3 Å². The summed E-state index contributed by atoms with van der Waals surface area (Å²) in [6.45, 7) is 4.33. The average molecular weight is 291 g/mol. The molecular weight excluding hydrogens is 266 g/mol. The summed E-state index contributed by atoms with van der Waals surface area (Å²) < 4.78 is 5.29. The van der Waals surface area contributed by atoms with Crippen LogP contribution in [0.5, 0.6) is 5.75 Å². The van der Waals surface area contributed by atoms with Gasteiger partial charge in [0, 0.05) is 12.6 Å². The van der Waals surface area contributed by atoms with E-state index in [1.807, 2.05) is 32.2 Å². The number of methoxy groups -OCH3 is 1. The zero-order chi connectivity index (χ0) is 15.2. The number of aryl methyl sites for hydroxylation is 1. The van der Waals surface area contributed by atoms with E-state index in [-0.39, 0.29) is 5.91 Å². The van der Waals surface area contributed by atoms with E-state index in [4.69, 9.17) is 4.74 Å². The summed E-state index contributed by atoms with van der Waals surface area (Å²) in [6.07, 6.45) is 2.31. The Morgan fingerprint density at radius 3 is 3.00 bits per heavy atom. The number of anilines is 1. The number of piperidine rings is 1. The van der Waals surface area contributed by atoms with Crippen LogP contribution in [0.4, 0.5) is 5.69 Å². The third kappa shape index (κ3) is 4.44. The summed E-state index contributed by atoms with van der Waals surface area (Å²) in [7, 11) is 3.59. The van der Waals surface area contributed by atoms with Gasteiger partial charge in [0.25, 0.3) is 0 Å². The molecule has 0 spiro atoms. The number of likely N-dealkylation sites (tertiary alicyclic amines) is 1. The van der Waals surface area contributed by atoms with Crippen LogP contribution in [0.3, 0.4) is 0 Å². The van der Waals surface area contributed by atoms with Gasteiger partial charge in [0.1, 0.15) is 5.75 Å². The van der Waals surface area contributed by atoms with Gasteiger partial charge in [-0.25, -0.2) is 0 Å². The van der Waals surface area contributed by atoms with Crippen LogP contribution in [0.2, 0.25) is 0 Å². The molecule has 1 amide bonds. The van der Waals surface area contributed by atoms with Gasteiger partial charge in [-0.05, 0) is 51.1 Å². The van der Waals surface area contributed by atoms with E-state index < -0.39 is 0 Å². The van der Waals surface area contributed by atoms with Gasteiger partial charge in [-0.2, -0.15) is 0 Å². The number of ether oxygens (including phenoxy) is 1. The number of amides is 1. The van der Waals surface area contributed by atoms with Crippen molar-refractivity contribution in [1.82, 2.24) is 10.2 Å². The Bertz CT molecular complexity index is 490. The highest BCUT2D eigenvalue weighted by molar-refractivity contribution is 5.93. The van der Waals surface area contributed by atoms with Crippen LogP contribution in [0, 0.1) is 6.92 Å². The molecule has 5 nitrogen and oxygen atoms in total. The molecule has 0 aromatic heterocycles. The van der Waals surface area contributed by atoms with Crippen LogP contribution in [-0.2, 0) is 4.79 Å². The molecule has 1 aliphatic heterocycles. The minimum Gasteiger partial charge on any atom is -0.495 e. The first-order chi connectivity index (χ1) is 10.1. The third-order valence-electron chi connectivity index (χ3n) is 3.91. The van der Waals surface area contributed by atoms with E-state index in [1.54, 1.807) is 7.11 Å². The molecular formula is C16H25N3O2. The van der Waals surface area contributed by atoms with Crippen molar-refractivity contribution in [3.05, 3.63) is 23.8 Å². The summed E-state index contributed by atoms with van der Waals surface area (Å²) in [6, 6.07) is 6.27. The normalized spacial score (nSPS) is 19.3. The molecule has 1 aliphatic rings. The highest BCUT2D eigenvalue weighted by atomic mass is 16.5. The van der Waals surface area contributed by atoms with Crippen molar-refractivity contribution in [3.8, 4) is 5.75 Å². The van der Waals surface area contributed by atoms with E-state index in [0.717, 1.165) is 30.8 Å². The second-order valence-corrected chi connectivity index (χ2v) is 5.61. The molecule has 1 saturated heterocycles. The number of likely N-dealkylation sites (N-methyl/N-ethyl adjacent to an activating group) is 1. The van der Waals surface area contributed by atoms with Gasteiger partial charge in [0.2, 0.25) is 5.91 Å². The van der Waals surface area contributed by atoms with Crippen molar-refractivity contribution in [2.24, 2.45) is 0 Å². The van der Waals surface area contributed by atoms with Gasteiger partial charge in [0.15, 0.2) is 0 Å². The Kier molecular flexibility index (Phi) is 5.59. The minimum atomic E-state index is 0.00986. The molecule has 1 unspecified atom stereocenters. The predicted molar refractivity (Wildman–Crippen MR) is 84.9 cm³/mol. The number of carbonyl (C=O) groups excluding carboxylic acids is 1. The number of benzene rings is 1. The van der Waals surface area contributed by atoms with Crippen LogP contribution < -0.4 is 15.4 Å². The smallest absolute Gasteiger partial charge is 0.238 e. The van der Waals surface area contributed by atoms with Crippen molar-refractivity contribution in [2.45, 2.75) is 25.8 Å². The largest absolute Gasteiger partial charge is 0.495 e. The fourth-order valence-electron chi connectivity index (χ4n) is 2.75. The second kappa shape index (κ2) is 7.43. The summed E-state index contributed by atoms with van der Waals surface area (Å²) in [5.41, 5.74) is 1.84. The van der Waals surface area contributed by atoms with Gasteiger partial charge >= 0.3 is 0 Å². The number of hydrogen-bond donors (Lipinski definition) is 2. The molecule has 116 valence electrons. The maximum Gasteiger partial charge on any atom is 0.238 e. The summed E-state index contributed by atoms with van der Waals surface area (Å²) in [4.78, 5) is 14.4. The third-order valence-corrected chi connectivity index (χ3v) is 3.91. The number of hydrogen-bond acceptors (Lipinski definition) is 4. The molecule has 1 aromatic carbocycles. The van der Waals surface area contributed by atoms with Gasteiger partial charge in [-0.3, -0.25) is 9.69 Å². The summed E-state index contributed by atoms with van der Waals surface area (Å²) in [5.74, 6) is 0.705. The number of nitrogens with zero attached hydrogens (tertiary/aromatic N) is 1. The lowest BCUT2D eigenvalue weighted by Crippen LogP contribution is -2.46. The Morgan fingerprint density at radius 1 is 1.48 bits per heavy atom. The standard InChI is InChI=1S/C16H25N3O2/c1-12-6-7-15(21-3)14(9-12)18-16(20)11-19-8-4-5-13(10-19)17-2/h6-7,9,13,17H,4-5,8,10-11H2,1-3H3,(H,18,20). The number of carbonyl (C=O) groups is 1. The fourth-order valence-corrected chi connectivity index (χ4v) is 2.75. The highest BCUT2D eigenvalue weighted by Crippen LogP contribution is 2.25. The maximum absolute atomic E-state index is 12.2. The molecule has 2 rings (SSSR count). The molecule has 0 radical (unpaired) electrons. The van der Waals surface area contributed by atoms with Crippen molar-refractivity contribution in [3.63, 3.8) is 0 Å². The highest BCUT2D eigenvalue weighted by Gasteiger charge is 2.20. The summed E-state index contributed by atoms with van der Waals surface area (Å²) in [5, 5.41) is 6.25. The Labute approximate surface area is 126 Å². The lowest BCUT2D eigenvalue weighted by atomic mass is 10.1. The van der Waals surface area contributed by atoms with E-state index in [2.05, 4.69) is 15.5 Å². The van der Waals surface area contributed by atoms with Gasteiger partial charge < -0.3 is 15.4 Å². The van der Waals surface area contributed by atoms with E-state index in [0.29, 0.717) is 18.3 Å². The molecule has 2 N–H and O–H groups in total. The van der Waals surface area contributed by atoms with Gasteiger partial charge in [-0.1, -0.05) is 6.07 Å². The molecule has 21 heavy (non-hydrogen) atoms. The lowest BCUT2D eigenvalue weighted by Gasteiger charge is -2.31. The molecule has 0 bridgehead atoms. The average Bonchev–Trinajstić information content (AvgIpc) is 2.47. The van der Waals surface area contributed by atoms with Crippen LogP contribution in [-0.4, -0.2) is 50.6 Å². The van der Waals surface area contributed by atoms with Crippen LogP contribution in [0.1, 0.15) is 18.4 Å². The first-order valence-electron chi connectivity index (χ1n) is 7.46. The Balaban J connectivity index is 1.94. The van der Waals surface area contributed by atoms with Crippen molar-refractivity contribution >= 4 is 11.6 Å². The van der Waals surface area contributed by atoms with E-state index in [9.17, 15) is 4.79 Å². The quantitative estimate of drug-likeness (QED) is 0.866. The molecule has 1 atom stereocenters. The molecule has 0 aliphatic carbocycles. The van der Waals surface area contributed by atoms with Crippen molar-refractivity contribution < 1.29 is 9.53 Å². The van der Waals surface area contributed by atoms with Gasteiger partial charge in [-0.15, -0.1) is 0 Å². The zero-order valence-corrected chi connectivity index (χ0v) is 13.1. The molecule has 0 saturated carbocycles. The summed E-state index contributed by atoms with van der Waals surface area (Å²) >= 11 is 0. The minimum absolute atomic E-state index is 0.00986. The molecule has 1 aromatic rings. The molecule has 1 heterocycles. The van der Waals surface area contributed by atoms with Crippen molar-refractivity contribution in [1.29, 1.82) is 0 Å². The van der Waals surface area contributed by atoms with Crippen molar-refractivity contribution in [2.75, 3.05) is 39.1 Å². The van der Waals surface area contributed by atoms with E-state index >= 15 is 0 Å². The topological polar surface area (TPSA) is 53.6 Å². The zero-order valence-electron chi connectivity index (χ0n) is 13.1. The monoisotopic (exact) mass is 291 g/mol. The molecule has 1 fully saturated rings. The first kappa shape index (κ1) is 15.8. The van der Waals surface area contributed by atoms with Crippen LogP contribution >= 0.6 is 0 Å². The number of rotatable bonds is 5. The molecule has 5 heteroatoms. The van der Waals surface area contributed by atoms with Crippen LogP contribution in [0.25, 0.3) is 0 Å². The SMILES string of the molecule is CNC1CCCN(CC(=O)Nc2cc(C)ccc2OC)C1. The fraction of sp³-hybridized carbons (Fsp3) is 0.562. The first-order valence-corrected chi connectivity index (χ1v) is 7.46.